The average molecular weight is 496 g/mol. The Labute approximate surface area is 210 Å². The molecular weight excluding hydrogens is 473 g/mol. The van der Waals surface area contributed by atoms with E-state index in [2.05, 4.69) is 32.0 Å². The standard InChI is InChI=1S/C27H22FN7O2/c1-14(28)26(36)32-19-11-9-16(10-12-19)22-20(21-23(29)30-13-31-25(21)35(22)2)15-3-5-17(6-4-15)24-33-27(37-34-24)18-7-8-18/h3-6,9-13,18H,1,7-8H2,2H3,(H,32,36)(H2,29,30,31). The zero-order valence-electron chi connectivity index (χ0n) is 19.9. The van der Waals surface area contributed by atoms with Gasteiger partial charge in [-0.05, 0) is 36.1 Å². The van der Waals surface area contributed by atoms with Crippen LogP contribution in [0.3, 0.4) is 0 Å². The van der Waals surface area contributed by atoms with E-state index in [1.54, 1.807) is 12.1 Å². The molecule has 6 rings (SSSR count). The molecule has 3 aromatic heterocycles. The molecule has 37 heavy (non-hydrogen) atoms. The predicted molar refractivity (Wildman–Crippen MR) is 138 cm³/mol. The van der Waals surface area contributed by atoms with Crippen LogP contribution in [0.15, 0.2) is 71.8 Å². The van der Waals surface area contributed by atoms with Crippen molar-refractivity contribution in [3.05, 3.63) is 73.2 Å². The number of anilines is 2. The molecule has 3 N–H and O–H groups in total. The maximum absolute atomic E-state index is 13.1. The molecule has 0 spiro atoms. The summed E-state index contributed by atoms with van der Waals surface area (Å²) in [5, 5.41) is 7.33. The molecule has 0 saturated heterocycles. The second kappa shape index (κ2) is 8.66. The lowest BCUT2D eigenvalue weighted by Gasteiger charge is -2.10. The summed E-state index contributed by atoms with van der Waals surface area (Å²) in [7, 11) is 1.91. The predicted octanol–water partition coefficient (Wildman–Crippen LogP) is 5.23. The number of nitrogens with zero attached hydrogens (tertiary/aromatic N) is 5. The number of aromatic nitrogens is 5. The van der Waals surface area contributed by atoms with Crippen molar-refractivity contribution in [2.45, 2.75) is 18.8 Å². The molecule has 5 aromatic rings. The van der Waals surface area contributed by atoms with Gasteiger partial charge in [-0.1, -0.05) is 48.1 Å². The summed E-state index contributed by atoms with van der Waals surface area (Å²) in [6.45, 7) is 3.02. The van der Waals surface area contributed by atoms with Gasteiger partial charge in [-0.3, -0.25) is 4.79 Å². The number of hydrogen-bond acceptors (Lipinski definition) is 7. The van der Waals surface area contributed by atoms with E-state index in [0.717, 1.165) is 46.2 Å². The Bertz CT molecular complexity index is 1670. The quantitative estimate of drug-likeness (QED) is 0.309. The number of fused-ring (bicyclic) bond motifs is 1. The zero-order valence-corrected chi connectivity index (χ0v) is 19.9. The van der Waals surface area contributed by atoms with Crippen LogP contribution in [0.5, 0.6) is 0 Å². The number of hydrogen-bond donors (Lipinski definition) is 2. The van der Waals surface area contributed by atoms with Crippen molar-refractivity contribution in [2.24, 2.45) is 7.05 Å². The topological polar surface area (TPSA) is 125 Å². The monoisotopic (exact) mass is 495 g/mol. The number of benzene rings is 2. The van der Waals surface area contributed by atoms with Crippen LogP contribution < -0.4 is 11.1 Å². The zero-order chi connectivity index (χ0) is 25.7. The molecule has 3 heterocycles. The third-order valence-corrected chi connectivity index (χ3v) is 6.46. The highest BCUT2D eigenvalue weighted by Crippen LogP contribution is 2.42. The SMILES string of the molecule is C=C(F)C(=O)Nc1ccc(-c2c(-c3ccc(-c4noc(C5CC5)n4)cc3)c3c(N)ncnc3n2C)cc1. The molecule has 1 saturated carbocycles. The van der Waals surface area contributed by atoms with Crippen molar-refractivity contribution in [3.63, 3.8) is 0 Å². The lowest BCUT2D eigenvalue weighted by Crippen LogP contribution is -2.10. The summed E-state index contributed by atoms with van der Waals surface area (Å²) in [6, 6.07) is 14.9. The molecule has 1 aliphatic rings. The molecule has 1 amide bonds. The van der Waals surface area contributed by atoms with E-state index in [1.807, 2.05) is 48.0 Å². The number of aryl methyl sites for hydroxylation is 1. The maximum atomic E-state index is 13.1. The smallest absolute Gasteiger partial charge is 0.283 e. The summed E-state index contributed by atoms with van der Waals surface area (Å²) in [5.41, 5.74) is 11.8. The Kier molecular flexibility index (Phi) is 5.29. The van der Waals surface area contributed by atoms with Crippen molar-refractivity contribution < 1.29 is 13.7 Å². The van der Waals surface area contributed by atoms with Gasteiger partial charge in [0, 0.05) is 29.8 Å². The van der Waals surface area contributed by atoms with Gasteiger partial charge < -0.3 is 20.1 Å². The van der Waals surface area contributed by atoms with Gasteiger partial charge in [-0.25, -0.2) is 14.4 Å². The van der Waals surface area contributed by atoms with Crippen LogP contribution in [0.1, 0.15) is 24.7 Å². The van der Waals surface area contributed by atoms with Gasteiger partial charge in [0.15, 0.2) is 5.83 Å². The van der Waals surface area contributed by atoms with Crippen molar-refractivity contribution >= 4 is 28.4 Å². The summed E-state index contributed by atoms with van der Waals surface area (Å²) in [6.07, 6.45) is 3.61. The van der Waals surface area contributed by atoms with Crippen LogP contribution in [-0.4, -0.2) is 30.6 Å². The Morgan fingerprint density at radius 1 is 1.08 bits per heavy atom. The van der Waals surface area contributed by atoms with E-state index in [1.165, 1.54) is 6.33 Å². The minimum atomic E-state index is -1.05. The maximum Gasteiger partial charge on any atom is 0.283 e. The number of nitrogen functional groups attached to an aromatic ring is 1. The molecule has 10 heteroatoms. The number of nitrogens with two attached hydrogens (primary N) is 1. The Hall–Kier alpha value is -4.86. The molecule has 0 atom stereocenters. The van der Waals surface area contributed by atoms with Gasteiger partial charge in [-0.2, -0.15) is 4.98 Å². The summed E-state index contributed by atoms with van der Waals surface area (Å²) < 4.78 is 20.5. The van der Waals surface area contributed by atoms with Crippen molar-refractivity contribution in [1.29, 1.82) is 0 Å². The van der Waals surface area contributed by atoms with E-state index < -0.39 is 11.7 Å². The molecule has 9 nitrogen and oxygen atoms in total. The Morgan fingerprint density at radius 2 is 1.76 bits per heavy atom. The van der Waals surface area contributed by atoms with Crippen molar-refractivity contribution in [3.8, 4) is 33.8 Å². The van der Waals surface area contributed by atoms with Crippen molar-refractivity contribution in [2.75, 3.05) is 11.1 Å². The van der Waals surface area contributed by atoms with E-state index in [4.69, 9.17) is 10.3 Å². The average Bonchev–Trinajstić information content (AvgIpc) is 3.55. The second-order valence-electron chi connectivity index (χ2n) is 8.98. The normalized spacial score (nSPS) is 13.1. The van der Waals surface area contributed by atoms with E-state index >= 15 is 0 Å². The lowest BCUT2D eigenvalue weighted by atomic mass is 9.97. The molecule has 1 aliphatic carbocycles. The number of carbonyl (C=O) groups is 1. The number of carbonyl (C=O) groups excluding carboxylic acids is 1. The highest BCUT2D eigenvalue weighted by molar-refractivity contribution is 6.08. The third-order valence-electron chi connectivity index (χ3n) is 6.46. The summed E-state index contributed by atoms with van der Waals surface area (Å²) in [5.74, 6) is 0.0637. The molecular formula is C27H22FN7O2. The van der Waals surface area contributed by atoms with Gasteiger partial charge in [0.05, 0.1) is 11.1 Å². The molecule has 0 radical (unpaired) electrons. The Morgan fingerprint density at radius 3 is 2.43 bits per heavy atom. The number of rotatable bonds is 6. The number of amides is 1. The van der Waals surface area contributed by atoms with Crippen LogP contribution in [-0.2, 0) is 11.8 Å². The fourth-order valence-corrected chi connectivity index (χ4v) is 4.44. The highest BCUT2D eigenvalue weighted by Gasteiger charge is 2.30. The Balaban J connectivity index is 1.43. The minimum absolute atomic E-state index is 0.364. The van der Waals surface area contributed by atoms with Gasteiger partial charge in [0.25, 0.3) is 5.91 Å². The highest BCUT2D eigenvalue weighted by atomic mass is 19.1. The van der Waals surface area contributed by atoms with Gasteiger partial charge in [0.2, 0.25) is 11.7 Å². The van der Waals surface area contributed by atoms with Gasteiger partial charge in [-0.15, -0.1) is 0 Å². The second-order valence-corrected chi connectivity index (χ2v) is 8.98. The number of nitrogens with one attached hydrogen (secondary N) is 1. The first-order valence-electron chi connectivity index (χ1n) is 11.7. The molecule has 184 valence electrons. The number of halogens is 1. The fraction of sp³-hybridized carbons (Fsp3) is 0.148. The first-order chi connectivity index (χ1) is 17.9. The van der Waals surface area contributed by atoms with E-state index in [0.29, 0.717) is 34.8 Å². The van der Waals surface area contributed by atoms with Crippen LogP contribution in [0.4, 0.5) is 15.9 Å². The lowest BCUT2D eigenvalue weighted by molar-refractivity contribution is -0.114. The van der Waals surface area contributed by atoms with Gasteiger partial charge in [0.1, 0.15) is 17.8 Å². The van der Waals surface area contributed by atoms with Crippen molar-refractivity contribution in [1.82, 2.24) is 24.7 Å². The van der Waals surface area contributed by atoms with E-state index in [9.17, 15) is 9.18 Å². The van der Waals surface area contributed by atoms with Crippen LogP contribution in [0, 0.1) is 0 Å². The molecule has 0 bridgehead atoms. The molecule has 1 fully saturated rings. The van der Waals surface area contributed by atoms with E-state index in [-0.39, 0.29) is 0 Å². The molecule has 0 unspecified atom stereocenters. The van der Waals surface area contributed by atoms with Crippen LogP contribution in [0.25, 0.3) is 44.8 Å². The van der Waals surface area contributed by atoms with Crippen LogP contribution >= 0.6 is 0 Å². The largest absolute Gasteiger partial charge is 0.383 e. The minimum Gasteiger partial charge on any atom is -0.383 e. The first-order valence-corrected chi connectivity index (χ1v) is 11.7. The third kappa shape index (κ3) is 4.02. The van der Waals surface area contributed by atoms with Crippen LogP contribution in [0.2, 0.25) is 0 Å². The molecule has 0 aliphatic heterocycles. The van der Waals surface area contributed by atoms with Gasteiger partial charge >= 0.3 is 0 Å². The molecule has 2 aromatic carbocycles. The summed E-state index contributed by atoms with van der Waals surface area (Å²) >= 11 is 0. The summed E-state index contributed by atoms with van der Waals surface area (Å²) in [4.78, 5) is 24.9. The first kappa shape index (κ1) is 22.6. The fourth-order valence-electron chi connectivity index (χ4n) is 4.44.